The molecular formula is C17H22N8O2S. The number of nitrogens with one attached hydrogen (secondary N) is 1. The number of para-hydroxylation sites is 2. The number of anilines is 2. The minimum Gasteiger partial charge on any atom is -0.382 e. The smallest absolute Gasteiger partial charge is 0.281 e. The largest absolute Gasteiger partial charge is 0.382 e. The third kappa shape index (κ3) is 3.28. The van der Waals surface area contributed by atoms with Crippen molar-refractivity contribution in [2.24, 2.45) is 0 Å². The van der Waals surface area contributed by atoms with Crippen LogP contribution in [0.4, 0.5) is 11.6 Å². The van der Waals surface area contributed by atoms with Crippen LogP contribution in [0, 0.1) is 0 Å². The van der Waals surface area contributed by atoms with Gasteiger partial charge in [0, 0.05) is 40.3 Å². The number of benzene rings is 1. The van der Waals surface area contributed by atoms with Gasteiger partial charge in [0.05, 0.1) is 17.2 Å². The third-order valence-electron chi connectivity index (χ3n) is 4.75. The number of rotatable bonds is 4. The predicted octanol–water partition coefficient (Wildman–Crippen LogP) is 0.531. The van der Waals surface area contributed by atoms with Crippen LogP contribution in [0.2, 0.25) is 0 Å². The molecule has 1 saturated heterocycles. The van der Waals surface area contributed by atoms with Crippen LogP contribution in [-0.2, 0) is 10.2 Å². The maximum Gasteiger partial charge on any atom is 0.281 e. The molecule has 3 aromatic rings. The second-order valence-electron chi connectivity index (χ2n) is 6.74. The zero-order valence-corrected chi connectivity index (χ0v) is 16.5. The van der Waals surface area contributed by atoms with Gasteiger partial charge in [-0.15, -0.1) is 0 Å². The Labute approximate surface area is 163 Å². The van der Waals surface area contributed by atoms with Crippen molar-refractivity contribution in [3.63, 3.8) is 0 Å². The molecule has 10 nitrogen and oxygen atoms in total. The Morgan fingerprint density at radius 2 is 1.82 bits per heavy atom. The molecular weight excluding hydrogens is 380 g/mol. The van der Waals surface area contributed by atoms with Crippen molar-refractivity contribution in [3.8, 4) is 11.5 Å². The van der Waals surface area contributed by atoms with E-state index in [1.807, 2.05) is 29.2 Å². The van der Waals surface area contributed by atoms with Gasteiger partial charge in [-0.3, -0.25) is 0 Å². The second kappa shape index (κ2) is 7.00. The topological polar surface area (TPSA) is 124 Å². The van der Waals surface area contributed by atoms with Crippen LogP contribution in [-0.4, -0.2) is 77.2 Å². The third-order valence-corrected chi connectivity index (χ3v) is 6.69. The molecule has 2 aromatic heterocycles. The molecule has 0 amide bonds. The molecule has 148 valence electrons. The number of fused-ring (bicyclic) bond motifs is 1. The first-order chi connectivity index (χ1) is 13.4. The van der Waals surface area contributed by atoms with Crippen molar-refractivity contribution in [2.45, 2.75) is 0 Å². The highest BCUT2D eigenvalue weighted by molar-refractivity contribution is 7.86. The van der Waals surface area contributed by atoms with Crippen LogP contribution < -0.4 is 10.6 Å². The minimum atomic E-state index is -3.41. The Balaban J connectivity index is 1.58. The highest BCUT2D eigenvalue weighted by Crippen LogP contribution is 2.25. The molecule has 0 unspecified atom stereocenters. The van der Waals surface area contributed by atoms with Crippen molar-refractivity contribution >= 4 is 32.9 Å². The van der Waals surface area contributed by atoms with Crippen LogP contribution in [0.1, 0.15) is 0 Å². The van der Waals surface area contributed by atoms with Crippen LogP contribution >= 0.6 is 0 Å². The number of aromatic amines is 1. The zero-order valence-electron chi connectivity index (χ0n) is 15.7. The fraction of sp³-hybridized carbons (Fsp3) is 0.353. The van der Waals surface area contributed by atoms with E-state index in [-0.39, 0.29) is 5.82 Å². The van der Waals surface area contributed by atoms with Gasteiger partial charge in [0.2, 0.25) is 0 Å². The lowest BCUT2D eigenvalue weighted by atomic mass is 10.3. The molecule has 0 saturated carbocycles. The standard InChI is InChI=1S/C17H22N8O2S/c1-23(2)28(26,27)25-9-7-24(8-10-25)14-11-19-16(18)15(22-14)17-20-12-5-3-4-6-13(12)21-17/h3-6,11H,7-10H2,1-2H3,(H2,18,19)(H,20,21). The quantitative estimate of drug-likeness (QED) is 0.652. The first-order valence-corrected chi connectivity index (χ1v) is 10.3. The van der Waals surface area contributed by atoms with Gasteiger partial charge in [0.25, 0.3) is 10.2 Å². The van der Waals surface area contributed by atoms with Crippen molar-refractivity contribution in [1.82, 2.24) is 28.5 Å². The number of nitrogens with two attached hydrogens (primary N) is 1. The SMILES string of the molecule is CN(C)S(=O)(=O)N1CCN(c2cnc(N)c(-c3nc4ccccc4[nH]3)n2)CC1. The number of imidazole rings is 1. The molecule has 0 radical (unpaired) electrons. The van der Waals surface area contributed by atoms with Crippen molar-refractivity contribution in [1.29, 1.82) is 0 Å². The predicted molar refractivity (Wildman–Crippen MR) is 108 cm³/mol. The summed E-state index contributed by atoms with van der Waals surface area (Å²) in [5.41, 5.74) is 8.24. The lowest BCUT2D eigenvalue weighted by Gasteiger charge is -2.35. The molecule has 11 heteroatoms. The fourth-order valence-corrected chi connectivity index (χ4v) is 4.25. The summed E-state index contributed by atoms with van der Waals surface area (Å²) >= 11 is 0. The van der Waals surface area contributed by atoms with Gasteiger partial charge < -0.3 is 15.6 Å². The lowest BCUT2D eigenvalue weighted by Crippen LogP contribution is -2.51. The Morgan fingerprint density at radius 3 is 2.50 bits per heavy atom. The van der Waals surface area contributed by atoms with E-state index in [9.17, 15) is 8.42 Å². The van der Waals surface area contributed by atoms with Gasteiger partial charge >= 0.3 is 0 Å². The first kappa shape index (κ1) is 18.6. The van der Waals surface area contributed by atoms with Gasteiger partial charge in [-0.05, 0) is 12.1 Å². The van der Waals surface area contributed by atoms with Gasteiger partial charge in [-0.2, -0.15) is 17.0 Å². The number of nitrogen functional groups attached to an aromatic ring is 1. The summed E-state index contributed by atoms with van der Waals surface area (Å²) in [6.45, 7) is 1.80. The van der Waals surface area contributed by atoms with Crippen LogP contribution in [0.25, 0.3) is 22.6 Å². The zero-order chi connectivity index (χ0) is 19.9. The minimum absolute atomic E-state index is 0.289. The van der Waals surface area contributed by atoms with E-state index < -0.39 is 10.2 Å². The van der Waals surface area contributed by atoms with E-state index in [1.54, 1.807) is 6.20 Å². The first-order valence-electron chi connectivity index (χ1n) is 8.86. The maximum absolute atomic E-state index is 12.3. The Morgan fingerprint density at radius 1 is 1.11 bits per heavy atom. The number of piperazine rings is 1. The normalized spacial score (nSPS) is 16.2. The highest BCUT2D eigenvalue weighted by Gasteiger charge is 2.29. The Hall–Kier alpha value is -2.76. The Kier molecular flexibility index (Phi) is 4.65. The van der Waals surface area contributed by atoms with Gasteiger partial charge in [-0.1, -0.05) is 12.1 Å². The van der Waals surface area contributed by atoms with Gasteiger partial charge in [0.1, 0.15) is 5.82 Å². The monoisotopic (exact) mass is 402 g/mol. The summed E-state index contributed by atoms with van der Waals surface area (Å²) in [6.07, 6.45) is 1.61. The molecule has 1 fully saturated rings. The van der Waals surface area contributed by atoms with Crippen molar-refractivity contribution in [3.05, 3.63) is 30.5 Å². The second-order valence-corrected chi connectivity index (χ2v) is 8.88. The number of nitrogens with zero attached hydrogens (tertiary/aromatic N) is 6. The van der Waals surface area contributed by atoms with Gasteiger partial charge in [0.15, 0.2) is 17.3 Å². The van der Waals surface area contributed by atoms with Crippen molar-refractivity contribution in [2.75, 3.05) is 50.9 Å². The summed E-state index contributed by atoms with van der Waals surface area (Å²) in [6, 6.07) is 7.69. The van der Waals surface area contributed by atoms with Crippen LogP contribution in [0.5, 0.6) is 0 Å². The molecule has 1 aliphatic heterocycles. The summed E-state index contributed by atoms with van der Waals surface area (Å²) < 4.78 is 27.2. The number of aromatic nitrogens is 4. The summed E-state index contributed by atoms with van der Waals surface area (Å²) in [4.78, 5) is 18.7. The van der Waals surface area contributed by atoms with Crippen LogP contribution in [0.15, 0.2) is 30.5 Å². The molecule has 1 aliphatic rings. The molecule has 28 heavy (non-hydrogen) atoms. The van der Waals surface area contributed by atoms with E-state index in [0.29, 0.717) is 43.5 Å². The molecule has 1 aromatic carbocycles. The van der Waals surface area contributed by atoms with E-state index in [0.717, 1.165) is 11.0 Å². The summed E-state index contributed by atoms with van der Waals surface area (Å²) in [5.74, 6) is 1.49. The maximum atomic E-state index is 12.3. The number of H-pyrrole nitrogens is 1. The molecule has 3 heterocycles. The average molecular weight is 402 g/mol. The molecule has 0 bridgehead atoms. The molecule has 4 rings (SSSR count). The molecule has 0 atom stereocenters. The summed E-state index contributed by atoms with van der Waals surface area (Å²) in [5, 5.41) is 0. The number of hydrogen-bond donors (Lipinski definition) is 2. The van der Waals surface area contributed by atoms with Gasteiger partial charge in [-0.25, -0.2) is 15.0 Å². The van der Waals surface area contributed by atoms with E-state index in [4.69, 9.17) is 5.73 Å². The fourth-order valence-electron chi connectivity index (χ4n) is 3.16. The summed E-state index contributed by atoms with van der Waals surface area (Å²) in [7, 11) is -0.340. The lowest BCUT2D eigenvalue weighted by molar-refractivity contribution is 0.355. The number of hydrogen-bond acceptors (Lipinski definition) is 7. The average Bonchev–Trinajstić information content (AvgIpc) is 3.12. The van der Waals surface area contributed by atoms with Crippen molar-refractivity contribution < 1.29 is 8.42 Å². The molecule has 0 spiro atoms. The van der Waals surface area contributed by atoms with E-state index >= 15 is 0 Å². The molecule has 3 N–H and O–H groups in total. The van der Waals surface area contributed by atoms with Crippen LogP contribution in [0.3, 0.4) is 0 Å². The highest BCUT2D eigenvalue weighted by atomic mass is 32.2. The Bertz CT molecular complexity index is 1070. The van der Waals surface area contributed by atoms with E-state index in [1.165, 1.54) is 22.7 Å². The van der Waals surface area contributed by atoms with E-state index in [2.05, 4.69) is 19.9 Å². The molecule has 0 aliphatic carbocycles.